The Hall–Kier alpha value is 1.32. The van der Waals surface area contributed by atoms with Crippen molar-refractivity contribution in [3.63, 3.8) is 0 Å². The normalized spacial score (nSPS) is 17.2. The quantitative estimate of drug-likeness (QED) is 0.197. The van der Waals surface area contributed by atoms with Gasteiger partial charge in [-0.25, -0.2) is 0 Å². The number of thiol groups is 2. The summed E-state index contributed by atoms with van der Waals surface area (Å²) in [4.78, 5) is 51.3. The second kappa shape index (κ2) is 7.04. The molecule has 0 saturated heterocycles. The lowest BCUT2D eigenvalue weighted by atomic mass is 10.2. The summed E-state index contributed by atoms with van der Waals surface area (Å²) in [5, 5.41) is 0. The molecule has 6 N–H and O–H groups in total. The van der Waals surface area contributed by atoms with Gasteiger partial charge in [-0.2, -0.15) is 29.4 Å². The zero-order chi connectivity index (χ0) is 13.0. The molecule has 0 aromatic rings. The van der Waals surface area contributed by atoms with Crippen LogP contribution in [0.4, 0.5) is 0 Å². The molecule has 0 saturated carbocycles. The predicted octanol–water partition coefficient (Wildman–Crippen LogP) is 0.538. The Morgan fingerprint density at radius 2 is 0.938 bits per heavy atom. The van der Waals surface area contributed by atoms with Crippen molar-refractivity contribution in [1.29, 1.82) is 0 Å². The summed E-state index contributed by atoms with van der Waals surface area (Å²) in [7, 11) is -7.80. The van der Waals surface area contributed by atoms with E-state index in [0.29, 0.717) is 12.8 Å². The molecule has 0 aliphatic rings. The van der Waals surface area contributed by atoms with E-state index in [4.69, 9.17) is 29.4 Å². The highest BCUT2D eigenvalue weighted by molar-refractivity contribution is 7.91. The van der Waals surface area contributed by atoms with Crippen LogP contribution in [0.5, 0.6) is 0 Å². The average molecular weight is 312 g/mol. The molecule has 98 valence electrons. The fourth-order valence-corrected chi connectivity index (χ4v) is 2.42. The summed E-state index contributed by atoms with van der Waals surface area (Å²) in [5.74, 6) is 0. The van der Waals surface area contributed by atoms with Gasteiger partial charge in [0.1, 0.15) is 0 Å². The van der Waals surface area contributed by atoms with Gasteiger partial charge in [-0.05, 0) is 12.8 Å². The Balaban J connectivity index is 3.70. The van der Waals surface area contributed by atoms with E-state index < -0.39 is 25.9 Å². The van der Waals surface area contributed by atoms with Crippen molar-refractivity contribution in [2.45, 2.75) is 35.7 Å². The van der Waals surface area contributed by atoms with Crippen LogP contribution >= 0.6 is 41.1 Å². The molecule has 0 spiro atoms. The second-order valence-electron chi connectivity index (χ2n) is 3.48. The van der Waals surface area contributed by atoms with E-state index >= 15 is 0 Å². The van der Waals surface area contributed by atoms with E-state index in [1.807, 2.05) is 0 Å². The van der Waals surface area contributed by atoms with Crippen LogP contribution in [0.25, 0.3) is 0 Å². The highest BCUT2D eigenvalue weighted by Gasteiger charge is 2.41. The maximum Gasteiger partial charge on any atom is 0.417 e. The first-order chi connectivity index (χ1) is 7.05. The number of hydrogen-bond donors (Lipinski definition) is 8. The molecule has 2 atom stereocenters. The molecule has 0 fully saturated rings. The zero-order valence-corrected chi connectivity index (χ0v) is 12.0. The topological polar surface area (TPSA) is 121 Å². The number of rotatable bonds is 7. The summed E-state index contributed by atoms with van der Waals surface area (Å²) in [6.45, 7) is 0. The van der Waals surface area contributed by atoms with Crippen molar-refractivity contribution in [3.8, 4) is 0 Å². The van der Waals surface area contributed by atoms with Crippen LogP contribution in [-0.4, -0.2) is 39.3 Å². The molecule has 0 heterocycles. The maximum atomic E-state index is 8.84. The summed E-state index contributed by atoms with van der Waals surface area (Å²) in [6, 6.07) is 0. The average Bonchev–Trinajstić information content (AvgIpc) is 2.08. The van der Waals surface area contributed by atoms with Gasteiger partial charge in [0.25, 0.3) is 0 Å². The Kier molecular flexibility index (Phi) is 7.62. The lowest BCUT2D eigenvalue weighted by Gasteiger charge is -2.13. The standard InChI is InChI=1S/C6H16O6P2S2/c7-13(8,9)5(15)3-1-2-4-6(16)14(10,11)12/h5-12H,1-4H2/p+2. The first-order valence-electron chi connectivity index (χ1n) is 4.55. The minimum atomic E-state index is -3.90. The van der Waals surface area contributed by atoms with Gasteiger partial charge in [0.2, 0.25) is 0 Å². The fourth-order valence-electron chi connectivity index (χ4n) is 1.00. The van der Waals surface area contributed by atoms with Crippen molar-refractivity contribution in [2.75, 3.05) is 0 Å². The first-order valence-corrected chi connectivity index (χ1v) is 9.01. The van der Waals surface area contributed by atoms with E-state index in [2.05, 4.69) is 25.3 Å². The third-order valence-electron chi connectivity index (χ3n) is 1.97. The molecule has 2 unspecified atom stereocenters. The van der Waals surface area contributed by atoms with Crippen LogP contribution in [0.15, 0.2) is 0 Å². The SMILES string of the molecule is O[P+](O)(O)C(S)CCCCC(S)[P+](O)(O)O. The number of hydrogen-bond acceptors (Lipinski definition) is 8. The van der Waals surface area contributed by atoms with Crippen molar-refractivity contribution in [3.05, 3.63) is 0 Å². The molecule has 10 heteroatoms. The minimum absolute atomic E-state index is 0.286. The van der Waals surface area contributed by atoms with Crippen molar-refractivity contribution < 1.29 is 29.4 Å². The van der Waals surface area contributed by atoms with Gasteiger partial charge >= 0.3 is 15.9 Å². The molecule has 0 bridgehead atoms. The van der Waals surface area contributed by atoms with E-state index in [0.717, 1.165) is 0 Å². The van der Waals surface area contributed by atoms with Gasteiger partial charge in [0, 0.05) is 12.8 Å². The van der Waals surface area contributed by atoms with Crippen LogP contribution < -0.4 is 0 Å². The molecule has 0 aliphatic heterocycles. The van der Waals surface area contributed by atoms with Gasteiger partial charge in [-0.1, -0.05) is 0 Å². The van der Waals surface area contributed by atoms with E-state index in [1.165, 1.54) is 0 Å². The third kappa shape index (κ3) is 7.61. The van der Waals surface area contributed by atoms with Crippen LogP contribution in [-0.2, 0) is 0 Å². The van der Waals surface area contributed by atoms with Gasteiger partial charge in [0.05, 0.1) is 0 Å². The summed E-state index contributed by atoms with van der Waals surface area (Å²) in [5.41, 5.74) is 0. The lowest BCUT2D eigenvalue weighted by molar-refractivity contribution is 0.319. The van der Waals surface area contributed by atoms with E-state index in [-0.39, 0.29) is 12.8 Å². The summed E-state index contributed by atoms with van der Waals surface area (Å²) >= 11 is 7.66. The molecule has 16 heavy (non-hydrogen) atoms. The molecule has 0 aromatic heterocycles. The number of unbranched alkanes of at least 4 members (excludes halogenated alkanes) is 1. The second-order valence-corrected chi connectivity index (χ2v) is 9.24. The summed E-state index contributed by atoms with van der Waals surface area (Å²) in [6.07, 6.45) is 1.59. The molecule has 0 radical (unpaired) electrons. The van der Waals surface area contributed by atoms with Crippen LogP contribution in [0, 0.1) is 0 Å². The Labute approximate surface area is 106 Å². The minimum Gasteiger partial charge on any atom is -0.192 e. The Bertz CT molecular complexity index is 184. The van der Waals surface area contributed by atoms with E-state index in [1.54, 1.807) is 0 Å². The van der Waals surface area contributed by atoms with Gasteiger partial charge in [-0.15, -0.1) is 25.3 Å². The zero-order valence-electron chi connectivity index (χ0n) is 8.46. The fraction of sp³-hybridized carbons (Fsp3) is 1.00. The predicted molar refractivity (Wildman–Crippen MR) is 71.2 cm³/mol. The highest BCUT2D eigenvalue weighted by Crippen LogP contribution is 2.55. The molecule has 0 aromatic carbocycles. The molecule has 0 rings (SSSR count). The van der Waals surface area contributed by atoms with Gasteiger partial charge in [-0.3, -0.25) is 0 Å². The first kappa shape index (κ1) is 17.3. The molecule has 0 aliphatic carbocycles. The van der Waals surface area contributed by atoms with E-state index in [9.17, 15) is 0 Å². The maximum absolute atomic E-state index is 8.84. The molecule has 0 amide bonds. The smallest absolute Gasteiger partial charge is 0.192 e. The van der Waals surface area contributed by atoms with Gasteiger partial charge < -0.3 is 0 Å². The third-order valence-corrected chi connectivity index (χ3v) is 6.47. The van der Waals surface area contributed by atoms with Crippen molar-refractivity contribution >= 4 is 41.1 Å². The molecular formula is C6H18O6P2S2+2. The highest BCUT2D eigenvalue weighted by atomic mass is 32.1. The Morgan fingerprint density at radius 1 is 0.688 bits per heavy atom. The Morgan fingerprint density at radius 3 is 1.12 bits per heavy atom. The lowest BCUT2D eigenvalue weighted by Crippen LogP contribution is -2.08. The van der Waals surface area contributed by atoms with Crippen LogP contribution in [0.1, 0.15) is 25.7 Å². The monoisotopic (exact) mass is 312 g/mol. The molecular weight excluding hydrogens is 294 g/mol. The van der Waals surface area contributed by atoms with Crippen LogP contribution in [0.2, 0.25) is 0 Å². The van der Waals surface area contributed by atoms with Gasteiger partial charge in [0.15, 0.2) is 9.98 Å². The largest absolute Gasteiger partial charge is 0.417 e. The van der Waals surface area contributed by atoms with Crippen molar-refractivity contribution in [2.24, 2.45) is 0 Å². The van der Waals surface area contributed by atoms with Crippen LogP contribution in [0.3, 0.4) is 0 Å². The summed E-state index contributed by atoms with van der Waals surface area (Å²) < 4.78 is 0. The molecule has 6 nitrogen and oxygen atoms in total. The van der Waals surface area contributed by atoms with Crippen molar-refractivity contribution in [1.82, 2.24) is 0 Å².